The zero-order valence-corrected chi connectivity index (χ0v) is 17.1. The van der Waals surface area contributed by atoms with Crippen molar-refractivity contribution in [3.63, 3.8) is 0 Å². The van der Waals surface area contributed by atoms with Gasteiger partial charge in [-0.05, 0) is 0 Å². The molecule has 0 heterocycles. The van der Waals surface area contributed by atoms with Gasteiger partial charge >= 0.3 is 23.1 Å². The van der Waals surface area contributed by atoms with Crippen molar-refractivity contribution in [1.82, 2.24) is 0 Å². The van der Waals surface area contributed by atoms with Gasteiger partial charge in [-0.25, -0.2) is 0 Å². The Hall–Kier alpha value is 1.30. The third kappa shape index (κ3) is 53.1. The summed E-state index contributed by atoms with van der Waals surface area (Å²) in [6.45, 7) is 20.8. The van der Waals surface area contributed by atoms with E-state index in [-0.39, 0.29) is 23.1 Å². The molecule has 0 aliphatic rings. The van der Waals surface area contributed by atoms with Crippen LogP contribution in [0.5, 0.6) is 0 Å². The Balaban J connectivity index is -0.0000000922. The van der Waals surface area contributed by atoms with Gasteiger partial charge in [-0.2, -0.15) is 12.8 Å². The maximum absolute atomic E-state index is 3.60. The first kappa shape index (κ1) is 27.6. The quantitative estimate of drug-likeness (QED) is 0.449. The molecule has 0 aliphatic carbocycles. The van der Waals surface area contributed by atoms with Crippen LogP contribution in [0.1, 0.15) is 67.2 Å². The second-order valence-electron chi connectivity index (χ2n) is 5.43. The van der Waals surface area contributed by atoms with Crippen LogP contribution in [0.15, 0.2) is 0 Å². The Morgan fingerprint density at radius 1 is 0.778 bits per heavy atom. The minimum absolute atomic E-state index is 0. The van der Waals surface area contributed by atoms with E-state index in [9.17, 15) is 0 Å². The van der Waals surface area contributed by atoms with Crippen LogP contribution < -0.4 is 0 Å². The summed E-state index contributed by atoms with van der Waals surface area (Å²) >= 11 is 0.316. The smallest absolute Gasteiger partial charge is 0.343 e. The van der Waals surface area contributed by atoms with Crippen molar-refractivity contribution >= 4 is 38.3 Å². The summed E-state index contributed by atoms with van der Waals surface area (Å²) in [6, 6.07) is 0. The molecule has 0 saturated carbocycles. The van der Waals surface area contributed by atoms with Crippen molar-refractivity contribution in [3.05, 3.63) is 13.8 Å². The van der Waals surface area contributed by atoms with E-state index < -0.39 is 0 Å². The van der Waals surface area contributed by atoms with Crippen molar-refractivity contribution in [3.8, 4) is 0 Å². The zero-order valence-electron chi connectivity index (χ0n) is 14.2. The Labute approximate surface area is 141 Å². The number of hydrogen-bond donors (Lipinski definition) is 0. The van der Waals surface area contributed by atoms with Crippen LogP contribution in [0.2, 0.25) is 10.6 Å². The van der Waals surface area contributed by atoms with Crippen LogP contribution in [0, 0.1) is 25.7 Å². The number of hydrogen-bond acceptors (Lipinski definition) is 0. The van der Waals surface area contributed by atoms with E-state index in [1.165, 1.54) is 23.4 Å². The van der Waals surface area contributed by atoms with E-state index in [2.05, 4.69) is 55.4 Å². The molecule has 0 radical (unpaired) electrons. The van der Waals surface area contributed by atoms with Gasteiger partial charge in [-0.1, -0.05) is 76.8 Å². The van der Waals surface area contributed by atoms with Crippen molar-refractivity contribution in [2.75, 3.05) is 0 Å². The molecule has 18 heavy (non-hydrogen) atoms. The number of unbranched alkanes of at least 4 members (excludes halogenated alkanes) is 2. The molecular formula is C16H37AlMg. The molecule has 0 nitrogen and oxygen atoms in total. The maximum atomic E-state index is 3.60. The summed E-state index contributed by atoms with van der Waals surface area (Å²) in [5.41, 5.74) is 0. The van der Waals surface area contributed by atoms with Gasteiger partial charge in [0.1, 0.15) is 0 Å². The maximum Gasteiger partial charge on any atom is 2.00 e. The molecule has 106 valence electrons. The first-order chi connectivity index (χ1) is 7.95. The molecular weight excluding hydrogens is 243 g/mol. The van der Waals surface area contributed by atoms with Crippen molar-refractivity contribution in [2.45, 2.75) is 77.8 Å². The van der Waals surface area contributed by atoms with Gasteiger partial charge in [0.05, 0.1) is 0 Å². The Bertz CT molecular complexity index is 87.3. The van der Waals surface area contributed by atoms with Crippen LogP contribution in [0.3, 0.4) is 0 Å². The van der Waals surface area contributed by atoms with Gasteiger partial charge in [0.15, 0.2) is 0 Å². The molecule has 0 aliphatic heterocycles. The summed E-state index contributed by atoms with van der Waals surface area (Å²) in [4.78, 5) is 0. The van der Waals surface area contributed by atoms with Gasteiger partial charge in [0, 0.05) is 0 Å². The third-order valence-electron chi connectivity index (χ3n) is 2.27. The van der Waals surface area contributed by atoms with E-state index in [4.69, 9.17) is 0 Å². The van der Waals surface area contributed by atoms with Gasteiger partial charge in [-0.15, -0.1) is 0 Å². The monoisotopic (exact) mass is 280 g/mol. The van der Waals surface area contributed by atoms with E-state index >= 15 is 0 Å². The Morgan fingerprint density at radius 3 is 1.11 bits per heavy atom. The molecule has 0 amide bonds. The molecule has 0 spiro atoms. The minimum atomic E-state index is 0. The second-order valence-corrected chi connectivity index (χ2v) is 7.29. The van der Waals surface area contributed by atoms with Crippen molar-refractivity contribution in [1.29, 1.82) is 0 Å². The predicted octanol–water partition coefficient (Wildman–Crippen LogP) is 5.43. The average Bonchev–Trinajstić information content (AvgIpc) is 2.29. The zero-order chi connectivity index (χ0) is 14.1. The minimum Gasteiger partial charge on any atom is -0.343 e. The Kier molecular flexibility index (Phi) is 41.1. The normalized spacial score (nSPS) is 8.78. The summed E-state index contributed by atoms with van der Waals surface area (Å²) in [7, 11) is 0. The molecule has 0 saturated heterocycles. The molecule has 0 unspecified atom stereocenters. The predicted molar refractivity (Wildman–Crippen MR) is 92.7 cm³/mol. The van der Waals surface area contributed by atoms with Crippen molar-refractivity contribution in [2.24, 2.45) is 11.8 Å². The van der Waals surface area contributed by atoms with Gasteiger partial charge in [0.25, 0.3) is 0 Å². The molecule has 0 fully saturated rings. The molecule has 0 atom stereocenters. The van der Waals surface area contributed by atoms with Gasteiger partial charge < -0.3 is 13.8 Å². The molecule has 0 aromatic carbocycles. The fourth-order valence-corrected chi connectivity index (χ4v) is 2.80. The van der Waals surface area contributed by atoms with Gasteiger partial charge in [0.2, 0.25) is 15.2 Å². The molecule has 0 rings (SSSR count). The summed E-state index contributed by atoms with van der Waals surface area (Å²) in [5.74, 6) is 1.91. The SMILES string of the molecule is CC(C)[CH2][AlH][CH2]C(C)C.[CH2-]CCC.[CH2-]CCC.[Mg+2]. The van der Waals surface area contributed by atoms with E-state index in [1.54, 1.807) is 0 Å². The average molecular weight is 281 g/mol. The molecule has 2 heteroatoms. The second kappa shape index (κ2) is 26.8. The molecule has 0 bridgehead atoms. The first-order valence-corrected chi connectivity index (χ1v) is 9.54. The van der Waals surface area contributed by atoms with Crippen LogP contribution in [-0.4, -0.2) is 38.3 Å². The first-order valence-electron chi connectivity index (χ1n) is 7.54. The fraction of sp³-hybridized carbons (Fsp3) is 0.875. The fourth-order valence-electron chi connectivity index (χ4n) is 0.934. The molecule has 0 aromatic heterocycles. The van der Waals surface area contributed by atoms with Crippen LogP contribution in [0.4, 0.5) is 0 Å². The molecule has 0 N–H and O–H groups in total. The number of rotatable bonds is 6. The summed E-state index contributed by atoms with van der Waals surface area (Å²) in [6.07, 6.45) is 4.56. The third-order valence-corrected chi connectivity index (χ3v) is 5.40. The van der Waals surface area contributed by atoms with E-state index in [1.807, 2.05) is 0 Å². The van der Waals surface area contributed by atoms with Crippen LogP contribution >= 0.6 is 0 Å². The Morgan fingerprint density at radius 2 is 1.00 bits per heavy atom. The van der Waals surface area contributed by atoms with Gasteiger partial charge in [-0.3, -0.25) is 0 Å². The topological polar surface area (TPSA) is 0 Å². The van der Waals surface area contributed by atoms with Crippen LogP contribution in [0.25, 0.3) is 0 Å². The van der Waals surface area contributed by atoms with E-state index in [0.29, 0.717) is 15.2 Å². The molecule has 0 aromatic rings. The van der Waals surface area contributed by atoms with Crippen molar-refractivity contribution < 1.29 is 0 Å². The summed E-state index contributed by atoms with van der Waals surface area (Å²) < 4.78 is 0. The van der Waals surface area contributed by atoms with E-state index in [0.717, 1.165) is 24.7 Å². The largest absolute Gasteiger partial charge is 2.00 e. The standard InChI is InChI=1S/4C4H9.Al.Mg.H/c2*1-4(2)3;2*1-3-4-2;;;/h2*4H,1H2,2-3H3;2*1,3-4H2,2H3;;;/q;;2*-1;;+2;. The van der Waals surface area contributed by atoms with Crippen LogP contribution in [-0.2, 0) is 0 Å². The summed E-state index contributed by atoms with van der Waals surface area (Å²) in [5, 5.41) is 3.08.